The Bertz CT molecular complexity index is 1320. The number of fused-ring (bicyclic) bond motifs is 2. The minimum Gasteiger partial charge on any atom is -0.393 e. The summed E-state index contributed by atoms with van der Waals surface area (Å²) < 4.78 is 0. The Kier molecular flexibility index (Phi) is 5.99. The van der Waals surface area contributed by atoms with Crippen molar-refractivity contribution in [3.63, 3.8) is 0 Å². The van der Waals surface area contributed by atoms with E-state index >= 15 is 0 Å². The third kappa shape index (κ3) is 4.11. The molecule has 5 rings (SSSR count). The van der Waals surface area contributed by atoms with E-state index in [1.165, 1.54) is 0 Å². The Morgan fingerprint density at radius 3 is 2.50 bits per heavy atom. The van der Waals surface area contributed by atoms with E-state index in [9.17, 15) is 14.7 Å². The second-order valence-electron chi connectivity index (χ2n) is 10.9. The van der Waals surface area contributed by atoms with E-state index in [-0.39, 0.29) is 29.3 Å². The molecular formula is C29H34N4O3. The van der Waals surface area contributed by atoms with E-state index in [0.29, 0.717) is 12.1 Å². The van der Waals surface area contributed by atoms with Crippen molar-refractivity contribution in [2.24, 2.45) is 5.41 Å². The topological polar surface area (TPSA) is 98.3 Å². The lowest BCUT2D eigenvalue weighted by atomic mass is 9.82. The second-order valence-corrected chi connectivity index (χ2v) is 10.9. The predicted octanol–water partition coefficient (Wildman–Crippen LogP) is 4.42. The van der Waals surface area contributed by atoms with Crippen LogP contribution in [0.25, 0.3) is 11.3 Å². The molecule has 0 fully saturated rings. The van der Waals surface area contributed by atoms with Gasteiger partial charge in [-0.1, -0.05) is 25.1 Å². The van der Waals surface area contributed by atoms with Crippen LogP contribution in [-0.4, -0.2) is 44.2 Å². The third-order valence-corrected chi connectivity index (χ3v) is 7.88. The summed E-state index contributed by atoms with van der Waals surface area (Å²) in [6.45, 7) is 10.4. The minimum atomic E-state index is -0.405. The Morgan fingerprint density at radius 1 is 1.11 bits per heavy atom. The van der Waals surface area contributed by atoms with Crippen LogP contribution in [0.3, 0.4) is 0 Å². The highest BCUT2D eigenvalue weighted by Gasteiger charge is 2.40. The summed E-state index contributed by atoms with van der Waals surface area (Å²) in [6.07, 6.45) is 1.15. The summed E-state index contributed by atoms with van der Waals surface area (Å²) >= 11 is 0. The number of nitrogens with zero attached hydrogens (tertiary/aromatic N) is 2. The van der Waals surface area contributed by atoms with Gasteiger partial charge in [-0.05, 0) is 75.9 Å². The molecule has 1 aliphatic heterocycles. The van der Waals surface area contributed by atoms with Crippen molar-refractivity contribution >= 4 is 11.8 Å². The summed E-state index contributed by atoms with van der Waals surface area (Å²) in [7, 11) is 0. The zero-order valence-electron chi connectivity index (χ0n) is 21.6. The summed E-state index contributed by atoms with van der Waals surface area (Å²) in [6, 6.07) is 13.4. The molecule has 2 aliphatic rings. The van der Waals surface area contributed by atoms with Gasteiger partial charge < -0.3 is 15.3 Å². The quantitative estimate of drug-likeness (QED) is 0.480. The van der Waals surface area contributed by atoms with Gasteiger partial charge in [0, 0.05) is 45.9 Å². The van der Waals surface area contributed by atoms with Gasteiger partial charge in [-0.15, -0.1) is 0 Å². The van der Waals surface area contributed by atoms with Gasteiger partial charge in [-0.3, -0.25) is 14.7 Å². The molecule has 7 heteroatoms. The molecule has 188 valence electrons. The molecule has 7 nitrogen and oxygen atoms in total. The molecule has 2 amide bonds. The molecular weight excluding hydrogens is 452 g/mol. The predicted molar refractivity (Wildman–Crippen MR) is 139 cm³/mol. The van der Waals surface area contributed by atoms with E-state index < -0.39 is 6.10 Å². The van der Waals surface area contributed by atoms with E-state index in [0.717, 1.165) is 52.0 Å². The summed E-state index contributed by atoms with van der Waals surface area (Å²) in [5.41, 5.74) is 7.27. The maximum atomic E-state index is 13.3. The zero-order chi connectivity index (χ0) is 25.8. The van der Waals surface area contributed by atoms with Crippen LogP contribution < -0.4 is 5.32 Å². The molecule has 3 N–H and O–H groups in total. The van der Waals surface area contributed by atoms with Crippen LogP contribution in [0.5, 0.6) is 0 Å². The van der Waals surface area contributed by atoms with Crippen molar-refractivity contribution < 1.29 is 14.7 Å². The third-order valence-electron chi connectivity index (χ3n) is 7.88. The second kappa shape index (κ2) is 8.89. The standard InChI is InChI=1S/C29H34N4O3/c1-16(2)30-27(35)20-8-6-19(7-9-20)17(3)33-15-22-12-21(10-11-23(22)28(33)36)26-24-13-29(5,18(4)34)14-25(24)31-32-26/h6-12,16-18,34H,13-15H2,1-5H3,(H,30,35)(H,31,32)/t17-,18?,29?/m1/s1. The molecule has 3 atom stereocenters. The number of aliphatic hydroxyl groups is 1. The molecule has 36 heavy (non-hydrogen) atoms. The number of rotatable bonds is 6. The van der Waals surface area contributed by atoms with E-state index in [1.807, 2.05) is 69.0 Å². The number of aliphatic hydroxyl groups excluding tert-OH is 1. The molecule has 0 radical (unpaired) electrons. The smallest absolute Gasteiger partial charge is 0.255 e. The van der Waals surface area contributed by atoms with Crippen LogP contribution in [0.2, 0.25) is 0 Å². The fourth-order valence-electron chi connectivity index (χ4n) is 5.38. The number of hydrogen-bond donors (Lipinski definition) is 3. The molecule has 0 bridgehead atoms. The maximum absolute atomic E-state index is 13.3. The lowest BCUT2D eigenvalue weighted by Crippen LogP contribution is -2.30. The number of carbonyl (C=O) groups excluding carboxylic acids is 2. The van der Waals surface area contributed by atoms with Crippen molar-refractivity contribution in [3.05, 3.63) is 76.0 Å². The highest BCUT2D eigenvalue weighted by molar-refractivity contribution is 5.99. The van der Waals surface area contributed by atoms with E-state index in [1.54, 1.807) is 0 Å². The lowest BCUT2D eigenvalue weighted by molar-refractivity contribution is 0.0596. The van der Waals surface area contributed by atoms with E-state index in [2.05, 4.69) is 28.5 Å². The van der Waals surface area contributed by atoms with Crippen molar-refractivity contribution in [2.45, 2.75) is 72.2 Å². The van der Waals surface area contributed by atoms with Gasteiger partial charge in [0.05, 0.1) is 17.8 Å². The number of H-pyrrole nitrogens is 1. The van der Waals surface area contributed by atoms with Gasteiger partial charge in [-0.2, -0.15) is 5.10 Å². The van der Waals surface area contributed by atoms with Crippen molar-refractivity contribution in [1.82, 2.24) is 20.4 Å². The molecule has 1 aromatic heterocycles. The fourth-order valence-corrected chi connectivity index (χ4v) is 5.38. The molecule has 0 saturated heterocycles. The van der Waals surface area contributed by atoms with Crippen LogP contribution in [0, 0.1) is 5.41 Å². The average molecular weight is 487 g/mol. The van der Waals surface area contributed by atoms with Crippen molar-refractivity contribution in [2.75, 3.05) is 0 Å². The Morgan fingerprint density at radius 2 is 1.83 bits per heavy atom. The van der Waals surface area contributed by atoms with Gasteiger partial charge in [0.25, 0.3) is 11.8 Å². The molecule has 1 aliphatic carbocycles. The van der Waals surface area contributed by atoms with Crippen LogP contribution in [0.15, 0.2) is 42.5 Å². The molecule has 0 saturated carbocycles. The molecule has 3 aromatic rings. The number of carbonyl (C=O) groups is 2. The summed E-state index contributed by atoms with van der Waals surface area (Å²) in [4.78, 5) is 27.4. The first-order valence-electron chi connectivity index (χ1n) is 12.7. The first-order valence-corrected chi connectivity index (χ1v) is 12.7. The summed E-state index contributed by atoms with van der Waals surface area (Å²) in [5.74, 6) is -0.0837. The molecule has 2 aromatic carbocycles. The number of amides is 2. The van der Waals surface area contributed by atoms with Crippen LogP contribution >= 0.6 is 0 Å². The first kappa shape index (κ1) is 24.3. The van der Waals surface area contributed by atoms with Gasteiger partial charge in [0.15, 0.2) is 0 Å². The number of hydrogen-bond acceptors (Lipinski definition) is 4. The Balaban J connectivity index is 1.35. The molecule has 0 spiro atoms. The first-order chi connectivity index (χ1) is 17.1. The Labute approximate surface area is 211 Å². The molecule has 2 unspecified atom stereocenters. The minimum absolute atomic E-state index is 0.0135. The van der Waals surface area contributed by atoms with Gasteiger partial charge in [-0.25, -0.2) is 0 Å². The van der Waals surface area contributed by atoms with Crippen LogP contribution in [-0.2, 0) is 19.4 Å². The van der Waals surface area contributed by atoms with Crippen molar-refractivity contribution in [1.29, 1.82) is 0 Å². The SMILES string of the molecule is CC(C)NC(=O)c1ccc([C@@H](C)N2Cc3cc(-c4n[nH]c5c4CC(C)(C(C)O)C5)ccc3C2=O)cc1. The van der Waals surface area contributed by atoms with E-state index in [4.69, 9.17) is 0 Å². The van der Waals surface area contributed by atoms with Crippen LogP contribution in [0.1, 0.15) is 83.8 Å². The van der Waals surface area contributed by atoms with Gasteiger partial charge in [0.1, 0.15) is 0 Å². The van der Waals surface area contributed by atoms with Crippen LogP contribution in [0.4, 0.5) is 0 Å². The number of benzene rings is 2. The summed E-state index contributed by atoms with van der Waals surface area (Å²) in [5, 5.41) is 20.9. The fraction of sp³-hybridized carbons (Fsp3) is 0.414. The maximum Gasteiger partial charge on any atom is 0.255 e. The normalized spacial score (nSPS) is 20.4. The van der Waals surface area contributed by atoms with Crippen molar-refractivity contribution in [3.8, 4) is 11.3 Å². The monoisotopic (exact) mass is 486 g/mol. The molecule has 2 heterocycles. The Hall–Kier alpha value is -3.45. The highest BCUT2D eigenvalue weighted by atomic mass is 16.3. The zero-order valence-corrected chi connectivity index (χ0v) is 21.6. The largest absolute Gasteiger partial charge is 0.393 e. The highest BCUT2D eigenvalue weighted by Crippen LogP contribution is 2.43. The lowest BCUT2D eigenvalue weighted by Gasteiger charge is -2.27. The number of aromatic nitrogens is 2. The average Bonchev–Trinajstić information content (AvgIpc) is 3.48. The van der Waals surface area contributed by atoms with Gasteiger partial charge in [0.2, 0.25) is 0 Å². The van der Waals surface area contributed by atoms with Gasteiger partial charge >= 0.3 is 0 Å². The number of nitrogens with one attached hydrogen (secondary N) is 2. The number of aromatic amines is 1.